The average molecular weight is 371 g/mol. The predicted molar refractivity (Wildman–Crippen MR) is 115 cm³/mol. The van der Waals surface area contributed by atoms with Gasteiger partial charge in [-0.3, -0.25) is 0 Å². The molecule has 1 fully saturated rings. The van der Waals surface area contributed by atoms with E-state index in [-0.39, 0.29) is 0 Å². The number of amidine groups is 1. The second-order valence-electron chi connectivity index (χ2n) is 6.18. The van der Waals surface area contributed by atoms with Crippen molar-refractivity contribution in [3.05, 3.63) is 58.7 Å². The fraction of sp³-hybridized carbons (Fsp3) is 0.429. The number of piperazine rings is 1. The van der Waals surface area contributed by atoms with Crippen LogP contribution in [0.15, 0.2) is 53.4 Å². The van der Waals surface area contributed by atoms with Crippen LogP contribution >= 0.6 is 11.3 Å². The van der Waals surface area contributed by atoms with Gasteiger partial charge in [0.25, 0.3) is 0 Å². The van der Waals surface area contributed by atoms with Gasteiger partial charge in [0.15, 0.2) is 0 Å². The van der Waals surface area contributed by atoms with E-state index in [0.29, 0.717) is 0 Å². The topological polar surface area (TPSA) is 31.2 Å². The number of nitrogens with zero attached hydrogens (tertiary/aromatic N) is 4. The number of allylic oxidation sites excluding steroid dienone is 2. The van der Waals surface area contributed by atoms with E-state index >= 15 is 0 Å². The van der Waals surface area contributed by atoms with Gasteiger partial charge in [-0.25, -0.2) is 9.98 Å². The normalized spacial score (nSPS) is 16.0. The van der Waals surface area contributed by atoms with Gasteiger partial charge in [-0.05, 0) is 31.9 Å². The Balaban J connectivity index is 2.04. The van der Waals surface area contributed by atoms with Crippen LogP contribution in [0.4, 0.5) is 0 Å². The highest BCUT2D eigenvalue weighted by Crippen LogP contribution is 2.25. The first kappa shape index (κ1) is 20.2. The maximum Gasteiger partial charge on any atom is 0.137 e. The number of thiophene rings is 1. The zero-order chi connectivity index (χ0) is 18.9. The third-order valence-corrected chi connectivity index (χ3v) is 5.59. The van der Waals surface area contributed by atoms with Gasteiger partial charge in [0.1, 0.15) is 11.7 Å². The molecule has 1 aromatic rings. The minimum atomic E-state index is 0.826. The van der Waals surface area contributed by atoms with Crippen LogP contribution in [0, 0.1) is 6.92 Å². The predicted octanol–water partition coefficient (Wildman–Crippen LogP) is 4.63. The van der Waals surface area contributed by atoms with Crippen molar-refractivity contribution in [1.29, 1.82) is 0 Å². The second-order valence-corrected chi connectivity index (χ2v) is 7.52. The van der Waals surface area contributed by atoms with Crippen LogP contribution in [0.25, 0.3) is 0 Å². The molecule has 0 aliphatic carbocycles. The van der Waals surface area contributed by atoms with Gasteiger partial charge in [-0.2, -0.15) is 0 Å². The van der Waals surface area contributed by atoms with Gasteiger partial charge in [0.2, 0.25) is 0 Å². The van der Waals surface area contributed by atoms with Crippen molar-refractivity contribution < 1.29 is 0 Å². The summed E-state index contributed by atoms with van der Waals surface area (Å²) in [6.45, 7) is 18.0. The molecule has 1 saturated heterocycles. The molecule has 0 unspecified atom stereocenters. The Bertz CT molecular complexity index is 704. The second kappa shape index (κ2) is 10.1. The Morgan fingerprint density at radius 2 is 1.92 bits per heavy atom. The Morgan fingerprint density at radius 1 is 1.23 bits per heavy atom. The Labute approximate surface area is 162 Å². The third-order valence-electron chi connectivity index (χ3n) is 4.40. The summed E-state index contributed by atoms with van der Waals surface area (Å²) in [6.07, 6.45) is 9.61. The highest BCUT2D eigenvalue weighted by Gasteiger charge is 2.23. The van der Waals surface area contributed by atoms with Crippen LogP contribution in [0.5, 0.6) is 0 Å². The molecule has 1 aliphatic rings. The van der Waals surface area contributed by atoms with E-state index in [4.69, 9.17) is 0 Å². The van der Waals surface area contributed by atoms with E-state index in [2.05, 4.69) is 65.9 Å². The molecule has 0 N–H and O–H groups in total. The number of aliphatic imine (C=N–C) groups is 2. The molecule has 140 valence electrons. The summed E-state index contributed by atoms with van der Waals surface area (Å²) in [5.41, 5.74) is 1.24. The number of rotatable bonds is 7. The van der Waals surface area contributed by atoms with Crippen LogP contribution in [0.2, 0.25) is 0 Å². The number of aryl methyl sites for hydroxylation is 2. The molecule has 26 heavy (non-hydrogen) atoms. The molecule has 2 heterocycles. The Morgan fingerprint density at radius 3 is 2.50 bits per heavy atom. The fourth-order valence-corrected chi connectivity index (χ4v) is 3.91. The van der Waals surface area contributed by atoms with Crippen LogP contribution < -0.4 is 0 Å². The minimum Gasteiger partial charge on any atom is -0.354 e. The lowest BCUT2D eigenvalue weighted by Crippen LogP contribution is -2.48. The van der Waals surface area contributed by atoms with E-state index in [1.807, 2.05) is 23.6 Å². The van der Waals surface area contributed by atoms with E-state index in [1.165, 1.54) is 15.3 Å². The number of hydrogen-bond acceptors (Lipinski definition) is 4. The largest absolute Gasteiger partial charge is 0.354 e. The van der Waals surface area contributed by atoms with Crippen molar-refractivity contribution in [3.63, 3.8) is 0 Å². The molecule has 4 nitrogen and oxygen atoms in total. The molecule has 0 bridgehead atoms. The average Bonchev–Trinajstić information content (AvgIpc) is 3.04. The van der Waals surface area contributed by atoms with E-state index in [1.54, 1.807) is 6.20 Å². The lowest BCUT2D eigenvalue weighted by molar-refractivity contribution is 0.221. The lowest BCUT2D eigenvalue weighted by atomic mass is 10.1. The molecule has 1 aromatic heterocycles. The molecular weight excluding hydrogens is 340 g/mol. The van der Waals surface area contributed by atoms with Crippen molar-refractivity contribution in [2.75, 3.05) is 26.2 Å². The summed E-state index contributed by atoms with van der Waals surface area (Å²) >= 11 is 1.86. The van der Waals surface area contributed by atoms with Gasteiger partial charge >= 0.3 is 0 Å². The molecule has 0 atom stereocenters. The van der Waals surface area contributed by atoms with Gasteiger partial charge in [0, 0.05) is 53.9 Å². The zero-order valence-corrected chi connectivity index (χ0v) is 17.1. The minimum absolute atomic E-state index is 0.826. The monoisotopic (exact) mass is 370 g/mol. The van der Waals surface area contributed by atoms with Crippen molar-refractivity contribution in [2.24, 2.45) is 9.98 Å². The number of hydrogen-bond donors (Lipinski definition) is 0. The molecule has 1 aliphatic heterocycles. The summed E-state index contributed by atoms with van der Waals surface area (Å²) in [5, 5.41) is 0. The smallest absolute Gasteiger partial charge is 0.137 e. The molecule has 2 rings (SSSR count). The molecular formula is C21H30N4S. The third kappa shape index (κ3) is 5.18. The first-order chi connectivity index (χ1) is 12.6. The maximum absolute atomic E-state index is 4.60. The standard InChI is InChI=1S/C21H30N4S/c1-6-9-10-11-23-18(5)24-12-14-25(15-13-24)21(22-8-3)20-16-19(7-2)26-17(20)4/h8-11,16H,3,5-7,12-15H2,1-2,4H3/b10-9-,22-21+,23-11-. The van der Waals surface area contributed by atoms with Crippen molar-refractivity contribution in [2.45, 2.75) is 33.6 Å². The Hall–Kier alpha value is -2.14. The van der Waals surface area contributed by atoms with E-state index in [9.17, 15) is 0 Å². The summed E-state index contributed by atoms with van der Waals surface area (Å²) < 4.78 is 0. The molecule has 0 saturated carbocycles. The first-order valence-electron chi connectivity index (χ1n) is 9.27. The molecule has 0 spiro atoms. The van der Waals surface area contributed by atoms with Gasteiger partial charge in [-0.1, -0.05) is 33.1 Å². The van der Waals surface area contributed by atoms with Crippen LogP contribution in [-0.2, 0) is 6.42 Å². The lowest BCUT2D eigenvalue weighted by Gasteiger charge is -2.37. The van der Waals surface area contributed by atoms with Crippen molar-refractivity contribution >= 4 is 23.4 Å². The molecule has 5 heteroatoms. The SMILES string of the molecule is C=C/N=C(\c1cc(CC)sc1C)N1CCN(C(=C)/N=C\C=C/CC)CC1. The van der Waals surface area contributed by atoms with Gasteiger partial charge in [0.05, 0.1) is 0 Å². The van der Waals surface area contributed by atoms with Gasteiger partial charge in [-0.15, -0.1) is 11.3 Å². The molecule has 0 aromatic carbocycles. The summed E-state index contributed by atoms with van der Waals surface area (Å²) in [7, 11) is 0. The molecule has 0 radical (unpaired) electrons. The van der Waals surface area contributed by atoms with Crippen molar-refractivity contribution in [1.82, 2.24) is 9.80 Å². The quantitative estimate of drug-likeness (QED) is 0.517. The fourth-order valence-electron chi connectivity index (χ4n) is 2.93. The molecule has 0 amide bonds. The first-order valence-corrected chi connectivity index (χ1v) is 10.1. The summed E-state index contributed by atoms with van der Waals surface area (Å²) in [5.74, 6) is 1.86. The van der Waals surface area contributed by atoms with Crippen LogP contribution in [0.3, 0.4) is 0 Å². The van der Waals surface area contributed by atoms with E-state index in [0.717, 1.165) is 50.7 Å². The maximum atomic E-state index is 4.60. The summed E-state index contributed by atoms with van der Waals surface area (Å²) in [6, 6.07) is 2.28. The zero-order valence-electron chi connectivity index (χ0n) is 16.2. The van der Waals surface area contributed by atoms with E-state index < -0.39 is 0 Å². The summed E-state index contributed by atoms with van der Waals surface area (Å²) in [4.78, 5) is 16.3. The highest BCUT2D eigenvalue weighted by molar-refractivity contribution is 7.12. The van der Waals surface area contributed by atoms with Crippen molar-refractivity contribution in [3.8, 4) is 0 Å². The van der Waals surface area contributed by atoms with Crippen LogP contribution in [-0.4, -0.2) is 48.0 Å². The van der Waals surface area contributed by atoms with Gasteiger partial charge < -0.3 is 9.80 Å². The Kier molecular flexibility index (Phi) is 7.85. The highest BCUT2D eigenvalue weighted by atomic mass is 32.1. The van der Waals surface area contributed by atoms with Crippen LogP contribution in [0.1, 0.15) is 35.6 Å².